The summed E-state index contributed by atoms with van der Waals surface area (Å²) in [7, 11) is 0. The number of aliphatic hydroxyl groups excluding tert-OH is 2. The van der Waals surface area contributed by atoms with Gasteiger partial charge < -0.3 is 20.3 Å². The number of unbranched alkanes of at least 4 members (excludes halogenated alkanes) is 41. The van der Waals surface area contributed by atoms with Crippen molar-refractivity contribution in [2.45, 2.75) is 341 Å². The lowest BCUT2D eigenvalue weighted by Crippen LogP contribution is -2.45. The zero-order valence-electron chi connectivity index (χ0n) is 47.5. The van der Waals surface area contributed by atoms with E-state index in [1.807, 2.05) is 6.08 Å². The van der Waals surface area contributed by atoms with Crippen molar-refractivity contribution in [3.63, 3.8) is 0 Å². The maximum Gasteiger partial charge on any atom is 0.305 e. The number of carbonyl (C=O) groups is 2. The Bertz CT molecular complexity index is 1190. The Kier molecular flexibility index (Phi) is 58.5. The Balaban J connectivity index is 3.39. The molecule has 0 aromatic carbocycles. The number of rotatable bonds is 58. The third-order valence-corrected chi connectivity index (χ3v) is 14.3. The van der Waals surface area contributed by atoms with Crippen LogP contribution in [0.15, 0.2) is 48.6 Å². The number of allylic oxidation sites excluding steroid dienone is 7. The van der Waals surface area contributed by atoms with Crippen LogP contribution < -0.4 is 5.32 Å². The summed E-state index contributed by atoms with van der Waals surface area (Å²) in [5.74, 6) is -0.0692. The fourth-order valence-electron chi connectivity index (χ4n) is 9.48. The summed E-state index contributed by atoms with van der Waals surface area (Å²) in [6.07, 6.45) is 77.3. The minimum atomic E-state index is -0.844. The van der Waals surface area contributed by atoms with Crippen LogP contribution in [0.2, 0.25) is 0 Å². The molecule has 2 atom stereocenters. The number of hydrogen-bond donors (Lipinski definition) is 3. The maximum absolute atomic E-state index is 12.4. The summed E-state index contributed by atoms with van der Waals surface area (Å²) in [6.45, 7) is 4.87. The van der Waals surface area contributed by atoms with E-state index in [-0.39, 0.29) is 18.5 Å². The topological polar surface area (TPSA) is 95.9 Å². The average Bonchev–Trinajstić information content (AvgIpc) is 3.37. The van der Waals surface area contributed by atoms with Gasteiger partial charge in [-0.2, -0.15) is 0 Å². The number of aliphatic hydroxyl groups is 2. The monoisotopic (exact) mass is 996 g/mol. The van der Waals surface area contributed by atoms with E-state index < -0.39 is 12.1 Å². The minimum Gasteiger partial charge on any atom is -0.466 e. The van der Waals surface area contributed by atoms with E-state index in [1.165, 1.54) is 250 Å². The van der Waals surface area contributed by atoms with Gasteiger partial charge in [0.05, 0.1) is 25.4 Å². The van der Waals surface area contributed by atoms with E-state index >= 15 is 0 Å². The first-order chi connectivity index (χ1) is 35.0. The van der Waals surface area contributed by atoms with Gasteiger partial charge in [0.1, 0.15) is 0 Å². The second kappa shape index (κ2) is 60.4. The van der Waals surface area contributed by atoms with Crippen LogP contribution in [0.3, 0.4) is 0 Å². The van der Waals surface area contributed by atoms with E-state index in [9.17, 15) is 19.8 Å². The first-order valence-electron chi connectivity index (χ1n) is 31.4. The lowest BCUT2D eigenvalue weighted by atomic mass is 10.0. The lowest BCUT2D eigenvalue weighted by molar-refractivity contribution is -0.143. The molecule has 0 aromatic rings. The Hall–Kier alpha value is -2.18. The highest BCUT2D eigenvalue weighted by molar-refractivity contribution is 5.76. The zero-order valence-corrected chi connectivity index (χ0v) is 47.5. The predicted molar refractivity (Wildman–Crippen MR) is 310 cm³/mol. The molecular formula is C65H121NO5. The molecule has 0 heterocycles. The summed E-state index contributed by atoms with van der Waals surface area (Å²) in [4.78, 5) is 24.5. The summed E-state index contributed by atoms with van der Waals surface area (Å²) < 4.78 is 5.48. The number of carbonyl (C=O) groups excluding carboxylic acids is 2. The molecule has 0 spiro atoms. The zero-order chi connectivity index (χ0) is 51.4. The van der Waals surface area contributed by atoms with Gasteiger partial charge in [0.15, 0.2) is 0 Å². The maximum atomic E-state index is 12.4. The first-order valence-corrected chi connectivity index (χ1v) is 31.4. The lowest BCUT2D eigenvalue weighted by Gasteiger charge is -2.20. The number of amides is 1. The molecule has 0 bridgehead atoms. The Morgan fingerprint density at radius 3 is 1.10 bits per heavy atom. The molecule has 1 amide bonds. The molecule has 0 aliphatic rings. The summed E-state index contributed by atoms with van der Waals surface area (Å²) >= 11 is 0. The SMILES string of the molecule is CCCCCC/C=C\C/C=C\CCCCCCCC(=O)OCCCCCCCCCCCCCC/C=C\CCCCCCCCCCCCCC(=O)NC(CO)C(O)/C=C/CCCCCCCCCCC. The van der Waals surface area contributed by atoms with Crippen LogP contribution in [-0.2, 0) is 14.3 Å². The fraction of sp³-hybridized carbons (Fsp3) is 0.846. The summed E-state index contributed by atoms with van der Waals surface area (Å²) in [5, 5.41) is 23.0. The van der Waals surface area contributed by atoms with Crippen LogP contribution in [0, 0.1) is 0 Å². The van der Waals surface area contributed by atoms with Crippen molar-refractivity contribution in [3.8, 4) is 0 Å². The van der Waals surface area contributed by atoms with Crippen LogP contribution in [0.25, 0.3) is 0 Å². The first kappa shape index (κ1) is 68.8. The smallest absolute Gasteiger partial charge is 0.305 e. The van der Waals surface area contributed by atoms with Crippen molar-refractivity contribution < 1.29 is 24.5 Å². The van der Waals surface area contributed by atoms with Gasteiger partial charge in [-0.3, -0.25) is 9.59 Å². The van der Waals surface area contributed by atoms with Gasteiger partial charge >= 0.3 is 5.97 Å². The standard InChI is InChI=1S/C65H121NO5/c1-3-5-7-9-11-13-15-16-17-32-35-39-43-47-51-55-59-65(70)71-60-56-52-48-44-40-36-33-30-28-26-24-22-20-18-19-21-23-25-27-29-31-34-38-42-46-50-54-58-64(69)66-62(61-67)63(68)57-53-49-45-41-37-14-12-10-8-6-4-2/h13,15,17-19,32,53,57,62-63,67-68H,3-12,14,16,20-31,33-52,54-56,58-61H2,1-2H3,(H,66,69)/b15-13-,19-18-,32-17-,57-53+. The number of ether oxygens (including phenoxy) is 1. The highest BCUT2D eigenvalue weighted by Crippen LogP contribution is 2.17. The molecule has 0 fully saturated rings. The normalized spacial score (nSPS) is 12.9. The van der Waals surface area contributed by atoms with E-state index in [2.05, 4.69) is 55.6 Å². The number of hydrogen-bond acceptors (Lipinski definition) is 5. The number of nitrogens with one attached hydrogen (secondary N) is 1. The highest BCUT2D eigenvalue weighted by atomic mass is 16.5. The van der Waals surface area contributed by atoms with E-state index in [4.69, 9.17) is 4.74 Å². The second-order valence-corrected chi connectivity index (χ2v) is 21.4. The third kappa shape index (κ3) is 57.0. The van der Waals surface area contributed by atoms with E-state index in [0.29, 0.717) is 19.4 Å². The van der Waals surface area contributed by atoms with Gasteiger partial charge in [0.25, 0.3) is 0 Å². The molecule has 0 aromatic heterocycles. The highest BCUT2D eigenvalue weighted by Gasteiger charge is 2.18. The minimum absolute atomic E-state index is 0.000850. The van der Waals surface area contributed by atoms with Gasteiger partial charge in [0.2, 0.25) is 5.91 Å². The molecule has 71 heavy (non-hydrogen) atoms. The Labute approximate surface area is 442 Å². The molecule has 2 unspecified atom stereocenters. The van der Waals surface area contributed by atoms with Crippen molar-refractivity contribution in [1.82, 2.24) is 5.32 Å². The molecule has 416 valence electrons. The molecule has 6 nitrogen and oxygen atoms in total. The van der Waals surface area contributed by atoms with Crippen molar-refractivity contribution in [2.24, 2.45) is 0 Å². The molecule has 0 saturated heterocycles. The van der Waals surface area contributed by atoms with Crippen molar-refractivity contribution >= 4 is 11.9 Å². The Morgan fingerprint density at radius 2 is 0.704 bits per heavy atom. The molecule has 0 radical (unpaired) electrons. The van der Waals surface area contributed by atoms with Crippen LogP contribution >= 0.6 is 0 Å². The van der Waals surface area contributed by atoms with Crippen molar-refractivity contribution in [1.29, 1.82) is 0 Å². The largest absolute Gasteiger partial charge is 0.466 e. The van der Waals surface area contributed by atoms with Crippen LogP contribution in [-0.4, -0.2) is 47.4 Å². The molecule has 0 aliphatic carbocycles. The van der Waals surface area contributed by atoms with Crippen molar-refractivity contribution in [2.75, 3.05) is 13.2 Å². The molecule has 6 heteroatoms. The Morgan fingerprint density at radius 1 is 0.394 bits per heavy atom. The second-order valence-electron chi connectivity index (χ2n) is 21.4. The number of esters is 1. The molecule has 0 aliphatic heterocycles. The quantitative estimate of drug-likeness (QED) is 0.0321. The summed E-state index contributed by atoms with van der Waals surface area (Å²) in [5.41, 5.74) is 0. The van der Waals surface area contributed by atoms with Crippen LogP contribution in [0.5, 0.6) is 0 Å². The van der Waals surface area contributed by atoms with Crippen LogP contribution in [0.4, 0.5) is 0 Å². The molecule has 3 N–H and O–H groups in total. The molecular weight excluding hydrogens is 875 g/mol. The summed E-state index contributed by atoms with van der Waals surface area (Å²) in [6, 6.07) is -0.628. The predicted octanol–water partition coefficient (Wildman–Crippen LogP) is 19.7. The van der Waals surface area contributed by atoms with Crippen LogP contribution in [0.1, 0.15) is 328 Å². The molecule has 0 saturated carbocycles. The van der Waals surface area contributed by atoms with Gasteiger partial charge in [-0.1, -0.05) is 274 Å². The van der Waals surface area contributed by atoms with Gasteiger partial charge in [0, 0.05) is 12.8 Å². The van der Waals surface area contributed by atoms with Crippen molar-refractivity contribution in [3.05, 3.63) is 48.6 Å². The van der Waals surface area contributed by atoms with Gasteiger partial charge in [-0.25, -0.2) is 0 Å². The van der Waals surface area contributed by atoms with Gasteiger partial charge in [-0.05, 0) is 89.9 Å². The van der Waals surface area contributed by atoms with E-state index in [1.54, 1.807) is 6.08 Å². The third-order valence-electron chi connectivity index (χ3n) is 14.3. The molecule has 0 rings (SSSR count). The van der Waals surface area contributed by atoms with Gasteiger partial charge in [-0.15, -0.1) is 0 Å². The van der Waals surface area contributed by atoms with E-state index in [0.717, 1.165) is 51.4 Å². The fourth-order valence-corrected chi connectivity index (χ4v) is 9.48. The average molecular weight is 997 g/mol.